The van der Waals surface area contributed by atoms with Gasteiger partial charge in [-0.2, -0.15) is 0 Å². The molecule has 1 fully saturated rings. The van der Waals surface area contributed by atoms with Crippen molar-refractivity contribution in [1.82, 2.24) is 4.90 Å². The fourth-order valence-corrected chi connectivity index (χ4v) is 3.30. The van der Waals surface area contributed by atoms with Crippen molar-refractivity contribution >= 4 is 11.6 Å². The molecule has 3 rings (SSSR count). The summed E-state index contributed by atoms with van der Waals surface area (Å²) in [4.78, 5) is 16.3. The second-order valence-electron chi connectivity index (χ2n) is 6.35. The molecule has 0 saturated carbocycles. The van der Waals surface area contributed by atoms with E-state index < -0.39 is 23.1 Å². The highest BCUT2D eigenvalue weighted by Crippen LogP contribution is 2.30. The van der Waals surface area contributed by atoms with Crippen molar-refractivity contribution in [3.05, 3.63) is 53.6 Å². The summed E-state index contributed by atoms with van der Waals surface area (Å²) in [6, 6.07) is 9.97. The van der Waals surface area contributed by atoms with Crippen LogP contribution in [-0.4, -0.2) is 50.2 Å². The largest absolute Gasteiger partial charge is 0.492 e. The van der Waals surface area contributed by atoms with Crippen molar-refractivity contribution in [2.75, 3.05) is 44.3 Å². The Balaban J connectivity index is 1.74. The zero-order valence-electron chi connectivity index (χ0n) is 16.1. The van der Waals surface area contributed by atoms with Crippen LogP contribution < -0.4 is 14.4 Å². The number of para-hydroxylation sites is 2. The zero-order chi connectivity index (χ0) is 20.1. The molecule has 0 atom stereocenters. The second kappa shape index (κ2) is 8.91. The van der Waals surface area contributed by atoms with Gasteiger partial charge >= 0.3 is 0 Å². The van der Waals surface area contributed by atoms with Gasteiger partial charge in [0, 0.05) is 26.2 Å². The maximum Gasteiger partial charge on any atom is 0.260 e. The van der Waals surface area contributed by atoms with Gasteiger partial charge in [0.05, 0.1) is 18.9 Å². The lowest BCUT2D eigenvalue weighted by molar-refractivity contribution is 0.0735. The van der Waals surface area contributed by atoms with Gasteiger partial charge in [0.15, 0.2) is 11.6 Å². The molecule has 0 unspecified atom stereocenters. The van der Waals surface area contributed by atoms with Crippen LogP contribution in [-0.2, 0) is 0 Å². The first kappa shape index (κ1) is 19.9. The van der Waals surface area contributed by atoms with Crippen molar-refractivity contribution in [3.8, 4) is 11.5 Å². The number of nitrogens with zero attached hydrogens (tertiary/aromatic N) is 2. The molecule has 2 aromatic carbocycles. The van der Waals surface area contributed by atoms with Crippen LogP contribution in [0.3, 0.4) is 0 Å². The van der Waals surface area contributed by atoms with E-state index in [1.807, 2.05) is 31.2 Å². The standard InChI is InChI=1S/C21H24F2N2O3/c1-3-27-17-8-6-5-7-16(17)24-11-13-25(14-12-24)21(26)19-15(22)9-10-18(20(19)23)28-4-2/h5-10H,3-4,11-14H2,1-2H3. The van der Waals surface area contributed by atoms with E-state index in [-0.39, 0.29) is 12.4 Å². The monoisotopic (exact) mass is 390 g/mol. The van der Waals surface area contributed by atoms with Gasteiger partial charge in [0.25, 0.3) is 5.91 Å². The highest BCUT2D eigenvalue weighted by molar-refractivity contribution is 5.95. The number of halogens is 2. The van der Waals surface area contributed by atoms with Gasteiger partial charge in [-0.25, -0.2) is 8.78 Å². The summed E-state index contributed by atoms with van der Waals surface area (Å²) < 4.78 is 39.6. The maximum absolute atomic E-state index is 14.6. The molecule has 1 aliphatic rings. The van der Waals surface area contributed by atoms with E-state index in [4.69, 9.17) is 9.47 Å². The summed E-state index contributed by atoms with van der Waals surface area (Å²) in [5.74, 6) is -1.82. The number of ether oxygens (including phenoxy) is 2. The van der Waals surface area contributed by atoms with Crippen molar-refractivity contribution < 1.29 is 23.0 Å². The van der Waals surface area contributed by atoms with Crippen molar-refractivity contribution in [2.45, 2.75) is 13.8 Å². The first-order valence-electron chi connectivity index (χ1n) is 9.43. The van der Waals surface area contributed by atoms with Gasteiger partial charge in [0.2, 0.25) is 0 Å². The Hall–Kier alpha value is -2.83. The minimum absolute atomic E-state index is 0.114. The summed E-state index contributed by atoms with van der Waals surface area (Å²) in [6.45, 7) is 6.22. The lowest BCUT2D eigenvalue weighted by Gasteiger charge is -2.36. The van der Waals surface area contributed by atoms with Crippen LogP contribution in [0.5, 0.6) is 11.5 Å². The number of anilines is 1. The van der Waals surface area contributed by atoms with Gasteiger partial charge in [-0.1, -0.05) is 12.1 Å². The predicted molar refractivity (Wildman–Crippen MR) is 103 cm³/mol. The lowest BCUT2D eigenvalue weighted by atomic mass is 10.1. The molecule has 0 radical (unpaired) electrons. The first-order chi connectivity index (χ1) is 13.6. The van der Waals surface area contributed by atoms with Crippen molar-refractivity contribution in [1.29, 1.82) is 0 Å². The molecular weight excluding hydrogens is 366 g/mol. The van der Waals surface area contributed by atoms with E-state index in [9.17, 15) is 13.6 Å². The third-order valence-electron chi connectivity index (χ3n) is 4.64. The topological polar surface area (TPSA) is 42.0 Å². The molecule has 1 saturated heterocycles. The van der Waals surface area contributed by atoms with E-state index in [2.05, 4.69) is 4.90 Å². The molecule has 1 aliphatic heterocycles. The molecule has 0 spiro atoms. The molecule has 150 valence electrons. The second-order valence-corrected chi connectivity index (χ2v) is 6.35. The highest BCUT2D eigenvalue weighted by Gasteiger charge is 2.29. The number of amides is 1. The minimum atomic E-state index is -0.948. The number of carbonyl (C=O) groups is 1. The summed E-state index contributed by atoms with van der Waals surface area (Å²) >= 11 is 0. The number of benzene rings is 2. The van der Waals surface area contributed by atoms with Gasteiger partial charge < -0.3 is 19.3 Å². The Morgan fingerprint density at radius 3 is 2.25 bits per heavy atom. The van der Waals surface area contributed by atoms with Crippen LogP contribution in [0.15, 0.2) is 36.4 Å². The first-order valence-corrected chi connectivity index (χ1v) is 9.43. The van der Waals surface area contributed by atoms with Crippen molar-refractivity contribution in [2.24, 2.45) is 0 Å². The minimum Gasteiger partial charge on any atom is -0.492 e. The number of carbonyl (C=O) groups excluding carboxylic acids is 1. The average molecular weight is 390 g/mol. The number of hydrogen-bond donors (Lipinski definition) is 0. The van der Waals surface area contributed by atoms with Gasteiger partial charge in [-0.15, -0.1) is 0 Å². The molecule has 2 aromatic rings. The Morgan fingerprint density at radius 2 is 1.57 bits per heavy atom. The van der Waals surface area contributed by atoms with E-state index in [0.29, 0.717) is 32.8 Å². The molecule has 5 nitrogen and oxygen atoms in total. The van der Waals surface area contributed by atoms with Gasteiger partial charge in [0.1, 0.15) is 17.1 Å². The number of rotatable bonds is 6. The highest BCUT2D eigenvalue weighted by atomic mass is 19.1. The molecule has 0 aromatic heterocycles. The van der Waals surface area contributed by atoms with E-state index in [0.717, 1.165) is 17.5 Å². The molecule has 7 heteroatoms. The van der Waals surface area contributed by atoms with Gasteiger partial charge in [-0.05, 0) is 38.1 Å². The van der Waals surface area contributed by atoms with E-state index in [1.54, 1.807) is 6.92 Å². The molecule has 0 aliphatic carbocycles. The Kier molecular flexibility index (Phi) is 6.34. The molecule has 0 bridgehead atoms. The summed E-state index contributed by atoms with van der Waals surface area (Å²) in [5.41, 5.74) is 0.390. The number of hydrogen-bond acceptors (Lipinski definition) is 4. The Bertz CT molecular complexity index is 836. The summed E-state index contributed by atoms with van der Waals surface area (Å²) in [7, 11) is 0. The van der Waals surface area contributed by atoms with Crippen molar-refractivity contribution in [3.63, 3.8) is 0 Å². The third-order valence-corrected chi connectivity index (χ3v) is 4.64. The third kappa shape index (κ3) is 4.03. The zero-order valence-corrected chi connectivity index (χ0v) is 16.1. The molecule has 1 heterocycles. The lowest BCUT2D eigenvalue weighted by Crippen LogP contribution is -2.49. The quantitative estimate of drug-likeness (QED) is 0.754. The fourth-order valence-electron chi connectivity index (χ4n) is 3.30. The number of piperazine rings is 1. The van der Waals surface area contributed by atoms with Crippen LogP contribution >= 0.6 is 0 Å². The van der Waals surface area contributed by atoms with Crippen LogP contribution in [0.2, 0.25) is 0 Å². The fraction of sp³-hybridized carbons (Fsp3) is 0.381. The van der Waals surface area contributed by atoms with Crippen LogP contribution in [0.1, 0.15) is 24.2 Å². The smallest absolute Gasteiger partial charge is 0.260 e. The summed E-state index contributed by atoms with van der Waals surface area (Å²) in [6.07, 6.45) is 0. The average Bonchev–Trinajstić information content (AvgIpc) is 2.71. The van der Waals surface area contributed by atoms with Gasteiger partial charge in [-0.3, -0.25) is 4.79 Å². The predicted octanol–water partition coefficient (Wildman–Crippen LogP) is 3.72. The molecular formula is C21H24F2N2O3. The van der Waals surface area contributed by atoms with Crippen LogP contribution in [0.25, 0.3) is 0 Å². The molecule has 0 N–H and O–H groups in total. The van der Waals surface area contributed by atoms with E-state index in [1.165, 1.54) is 11.0 Å². The summed E-state index contributed by atoms with van der Waals surface area (Å²) in [5, 5.41) is 0. The SMILES string of the molecule is CCOc1ccccc1N1CCN(C(=O)c2c(F)ccc(OCC)c2F)CC1. The van der Waals surface area contributed by atoms with Crippen LogP contribution in [0, 0.1) is 11.6 Å². The molecule has 28 heavy (non-hydrogen) atoms. The Labute approximate surface area is 163 Å². The van der Waals surface area contributed by atoms with E-state index >= 15 is 0 Å². The normalized spacial score (nSPS) is 14.1. The van der Waals surface area contributed by atoms with Crippen LogP contribution in [0.4, 0.5) is 14.5 Å². The Morgan fingerprint density at radius 1 is 0.929 bits per heavy atom. The molecule has 1 amide bonds. The maximum atomic E-state index is 14.6.